The summed E-state index contributed by atoms with van der Waals surface area (Å²) in [6.07, 6.45) is 0. The fraction of sp³-hybridized carbons (Fsp3) is 0.462. The molecule has 1 aliphatic rings. The van der Waals surface area contributed by atoms with Crippen molar-refractivity contribution in [1.82, 2.24) is 9.80 Å². The third-order valence-corrected chi connectivity index (χ3v) is 3.85. The number of halogens is 2. The number of benzene rings is 1. The van der Waals surface area contributed by atoms with Gasteiger partial charge in [-0.3, -0.25) is 9.69 Å². The van der Waals surface area contributed by atoms with Crippen molar-refractivity contribution in [2.24, 2.45) is 0 Å². The van der Waals surface area contributed by atoms with Gasteiger partial charge in [-0.05, 0) is 12.1 Å². The van der Waals surface area contributed by atoms with Crippen LogP contribution < -0.4 is 0 Å². The monoisotopic (exact) mass is 330 g/mol. The summed E-state index contributed by atoms with van der Waals surface area (Å²) in [6.45, 7) is 4.45. The first-order valence-corrected chi connectivity index (χ1v) is 7.54. The van der Waals surface area contributed by atoms with Gasteiger partial charge in [0.1, 0.15) is 0 Å². The van der Waals surface area contributed by atoms with Gasteiger partial charge in [-0.15, -0.1) is 0 Å². The predicted octanol–water partition coefficient (Wildman–Crippen LogP) is 2.49. The highest BCUT2D eigenvalue weighted by Crippen LogP contribution is 2.18. The molecule has 0 atom stereocenters. The van der Waals surface area contributed by atoms with E-state index in [1.807, 2.05) is 17.0 Å². The lowest BCUT2D eigenvalue weighted by molar-refractivity contribution is 0.0645. The number of piperazine rings is 1. The van der Waals surface area contributed by atoms with E-state index in [1.165, 1.54) is 0 Å². The second-order valence-electron chi connectivity index (χ2n) is 4.30. The number of rotatable bonds is 3. The minimum Gasteiger partial charge on any atom is -0.336 e. The van der Waals surface area contributed by atoms with Crippen LogP contribution in [0.3, 0.4) is 0 Å². The van der Waals surface area contributed by atoms with Crippen molar-refractivity contribution in [3.05, 3.63) is 34.9 Å². The number of amides is 1. The lowest BCUT2D eigenvalue weighted by Gasteiger charge is -2.34. The van der Waals surface area contributed by atoms with Gasteiger partial charge >= 0.3 is 0 Å². The maximum absolute atomic E-state index is 12.3. The van der Waals surface area contributed by atoms with Crippen molar-refractivity contribution < 1.29 is 4.79 Å². The van der Waals surface area contributed by atoms with Crippen LogP contribution in [0.25, 0.3) is 0 Å². The van der Waals surface area contributed by atoms with Crippen LogP contribution in [0, 0.1) is 0 Å². The Labute approximate surface area is 121 Å². The highest BCUT2D eigenvalue weighted by Gasteiger charge is 2.22. The van der Waals surface area contributed by atoms with Crippen LogP contribution >= 0.6 is 27.5 Å². The lowest BCUT2D eigenvalue weighted by atomic mass is 10.2. The molecule has 1 heterocycles. The Hall–Kier alpha value is -0.580. The SMILES string of the molecule is O=C(c1ccccc1Cl)N1CCN(CCBr)CC1. The molecule has 0 saturated carbocycles. The van der Waals surface area contributed by atoms with Crippen molar-refractivity contribution in [3.8, 4) is 0 Å². The second-order valence-corrected chi connectivity index (χ2v) is 5.50. The summed E-state index contributed by atoms with van der Waals surface area (Å²) in [6, 6.07) is 7.23. The molecule has 1 aromatic rings. The third kappa shape index (κ3) is 3.25. The number of hydrogen-bond donors (Lipinski definition) is 0. The Morgan fingerprint density at radius 2 is 1.89 bits per heavy atom. The van der Waals surface area contributed by atoms with E-state index in [2.05, 4.69) is 20.8 Å². The molecule has 18 heavy (non-hydrogen) atoms. The van der Waals surface area contributed by atoms with E-state index in [-0.39, 0.29) is 5.91 Å². The number of hydrogen-bond acceptors (Lipinski definition) is 2. The Bertz CT molecular complexity index is 419. The average Bonchev–Trinajstić information content (AvgIpc) is 2.40. The summed E-state index contributed by atoms with van der Waals surface area (Å²) in [5, 5.41) is 1.51. The predicted molar refractivity (Wildman–Crippen MR) is 77.6 cm³/mol. The summed E-state index contributed by atoms with van der Waals surface area (Å²) in [4.78, 5) is 16.5. The molecule has 5 heteroatoms. The molecule has 2 rings (SSSR count). The summed E-state index contributed by atoms with van der Waals surface area (Å²) >= 11 is 9.49. The average molecular weight is 332 g/mol. The van der Waals surface area contributed by atoms with Gasteiger partial charge in [-0.1, -0.05) is 39.7 Å². The van der Waals surface area contributed by atoms with Crippen LogP contribution in [-0.4, -0.2) is 53.8 Å². The van der Waals surface area contributed by atoms with Gasteiger partial charge in [0.15, 0.2) is 0 Å². The largest absolute Gasteiger partial charge is 0.336 e. The normalized spacial score (nSPS) is 16.9. The molecule has 0 aromatic heterocycles. The molecule has 0 radical (unpaired) electrons. The fourth-order valence-electron chi connectivity index (χ4n) is 2.10. The van der Waals surface area contributed by atoms with Crippen LogP contribution in [0.4, 0.5) is 0 Å². The van der Waals surface area contributed by atoms with Crippen LogP contribution in [0.5, 0.6) is 0 Å². The Kier molecular flexibility index (Phi) is 5.03. The van der Waals surface area contributed by atoms with Crippen LogP contribution in [0.2, 0.25) is 5.02 Å². The van der Waals surface area contributed by atoms with Gasteiger partial charge in [0.05, 0.1) is 10.6 Å². The molecular formula is C13H16BrClN2O. The van der Waals surface area contributed by atoms with E-state index in [0.717, 1.165) is 38.1 Å². The van der Waals surface area contributed by atoms with Crippen LogP contribution in [0.15, 0.2) is 24.3 Å². The number of carbonyl (C=O) groups is 1. The maximum atomic E-state index is 12.3. The van der Waals surface area contributed by atoms with Crippen molar-refractivity contribution in [1.29, 1.82) is 0 Å². The van der Waals surface area contributed by atoms with E-state index in [1.54, 1.807) is 12.1 Å². The summed E-state index contributed by atoms with van der Waals surface area (Å²) in [7, 11) is 0. The van der Waals surface area contributed by atoms with E-state index < -0.39 is 0 Å². The lowest BCUT2D eigenvalue weighted by Crippen LogP contribution is -2.49. The molecule has 1 amide bonds. The van der Waals surface area contributed by atoms with Crippen LogP contribution in [-0.2, 0) is 0 Å². The summed E-state index contributed by atoms with van der Waals surface area (Å²) in [5.41, 5.74) is 0.605. The smallest absolute Gasteiger partial charge is 0.255 e. The first-order chi connectivity index (χ1) is 8.72. The fourth-order valence-corrected chi connectivity index (χ4v) is 2.82. The molecule has 1 aromatic carbocycles. The Balaban J connectivity index is 1.98. The zero-order valence-corrected chi connectivity index (χ0v) is 12.5. The molecular weight excluding hydrogens is 316 g/mol. The molecule has 0 unspecified atom stereocenters. The molecule has 1 fully saturated rings. The Morgan fingerprint density at radius 1 is 1.22 bits per heavy atom. The first-order valence-electron chi connectivity index (χ1n) is 6.04. The van der Waals surface area contributed by atoms with Crippen LogP contribution in [0.1, 0.15) is 10.4 Å². The minimum absolute atomic E-state index is 0.0408. The number of alkyl halides is 1. The zero-order chi connectivity index (χ0) is 13.0. The molecule has 98 valence electrons. The standard InChI is InChI=1S/C13H16BrClN2O/c14-5-6-16-7-9-17(10-8-16)13(18)11-3-1-2-4-12(11)15/h1-4H,5-10H2. The highest BCUT2D eigenvalue weighted by molar-refractivity contribution is 9.09. The number of carbonyl (C=O) groups excluding carboxylic acids is 1. The molecule has 0 bridgehead atoms. The van der Waals surface area contributed by atoms with E-state index in [0.29, 0.717) is 10.6 Å². The highest BCUT2D eigenvalue weighted by atomic mass is 79.9. The number of nitrogens with zero attached hydrogens (tertiary/aromatic N) is 2. The maximum Gasteiger partial charge on any atom is 0.255 e. The van der Waals surface area contributed by atoms with Gasteiger partial charge in [0, 0.05) is 38.1 Å². The van der Waals surface area contributed by atoms with Gasteiger partial charge in [-0.2, -0.15) is 0 Å². The van der Waals surface area contributed by atoms with Crippen molar-refractivity contribution in [2.75, 3.05) is 38.1 Å². The van der Waals surface area contributed by atoms with Crippen molar-refractivity contribution >= 4 is 33.4 Å². The Morgan fingerprint density at radius 3 is 2.50 bits per heavy atom. The molecule has 0 aliphatic carbocycles. The van der Waals surface area contributed by atoms with Gasteiger partial charge < -0.3 is 4.90 Å². The van der Waals surface area contributed by atoms with Gasteiger partial charge in [0.25, 0.3) is 5.91 Å². The zero-order valence-electron chi connectivity index (χ0n) is 10.1. The van der Waals surface area contributed by atoms with Gasteiger partial charge in [-0.25, -0.2) is 0 Å². The first kappa shape index (κ1) is 13.8. The van der Waals surface area contributed by atoms with Crippen molar-refractivity contribution in [2.45, 2.75) is 0 Å². The molecule has 1 aliphatic heterocycles. The summed E-state index contributed by atoms with van der Waals surface area (Å²) < 4.78 is 0. The van der Waals surface area contributed by atoms with E-state index in [4.69, 9.17) is 11.6 Å². The summed E-state index contributed by atoms with van der Waals surface area (Å²) in [5.74, 6) is 0.0408. The van der Waals surface area contributed by atoms with E-state index in [9.17, 15) is 4.79 Å². The second kappa shape index (κ2) is 6.55. The van der Waals surface area contributed by atoms with E-state index >= 15 is 0 Å². The van der Waals surface area contributed by atoms with Gasteiger partial charge in [0.2, 0.25) is 0 Å². The molecule has 0 spiro atoms. The molecule has 0 N–H and O–H groups in total. The topological polar surface area (TPSA) is 23.6 Å². The quantitative estimate of drug-likeness (QED) is 0.795. The molecule has 3 nitrogen and oxygen atoms in total. The minimum atomic E-state index is 0.0408. The third-order valence-electron chi connectivity index (χ3n) is 3.16. The molecule has 1 saturated heterocycles. The van der Waals surface area contributed by atoms with Crippen molar-refractivity contribution in [3.63, 3.8) is 0 Å².